The molecule has 0 fully saturated rings. The zero-order valence-electron chi connectivity index (χ0n) is 11.4. The van der Waals surface area contributed by atoms with Crippen molar-refractivity contribution in [2.45, 2.75) is 26.8 Å². The van der Waals surface area contributed by atoms with Crippen LogP contribution < -0.4 is 10.5 Å². The molecular weight excluding hydrogens is 241 g/mol. The first kappa shape index (κ1) is 13.6. The van der Waals surface area contributed by atoms with Gasteiger partial charge < -0.3 is 10.5 Å². The number of halogens is 1. The van der Waals surface area contributed by atoms with Gasteiger partial charge in [0.25, 0.3) is 0 Å². The van der Waals surface area contributed by atoms with E-state index in [0.717, 1.165) is 11.3 Å². The van der Waals surface area contributed by atoms with Crippen molar-refractivity contribution < 1.29 is 9.13 Å². The first-order valence-corrected chi connectivity index (χ1v) is 6.27. The highest BCUT2D eigenvalue weighted by atomic mass is 19.1. The lowest BCUT2D eigenvalue weighted by Gasteiger charge is -2.15. The van der Waals surface area contributed by atoms with Crippen molar-refractivity contribution in [3.8, 4) is 11.5 Å². The van der Waals surface area contributed by atoms with Crippen molar-refractivity contribution in [1.29, 1.82) is 0 Å². The molecule has 2 rings (SSSR count). The largest absolute Gasteiger partial charge is 0.457 e. The fourth-order valence-electron chi connectivity index (χ4n) is 2.00. The predicted molar refractivity (Wildman–Crippen MR) is 75.0 cm³/mol. The molecule has 0 unspecified atom stereocenters. The van der Waals surface area contributed by atoms with E-state index in [1.54, 1.807) is 6.07 Å². The van der Waals surface area contributed by atoms with E-state index in [2.05, 4.69) is 0 Å². The summed E-state index contributed by atoms with van der Waals surface area (Å²) >= 11 is 0. The van der Waals surface area contributed by atoms with Gasteiger partial charge in [0, 0.05) is 11.6 Å². The van der Waals surface area contributed by atoms with E-state index in [9.17, 15) is 4.39 Å². The van der Waals surface area contributed by atoms with Gasteiger partial charge in [-0.15, -0.1) is 0 Å². The highest BCUT2D eigenvalue weighted by Crippen LogP contribution is 2.31. The van der Waals surface area contributed by atoms with Crippen LogP contribution in [0.4, 0.5) is 4.39 Å². The van der Waals surface area contributed by atoms with Gasteiger partial charge in [-0.3, -0.25) is 0 Å². The molecular formula is C16H18FNO. The van der Waals surface area contributed by atoms with E-state index in [-0.39, 0.29) is 11.9 Å². The van der Waals surface area contributed by atoms with Gasteiger partial charge in [0.1, 0.15) is 17.3 Å². The van der Waals surface area contributed by atoms with Gasteiger partial charge in [-0.25, -0.2) is 4.39 Å². The molecule has 0 heterocycles. The van der Waals surface area contributed by atoms with E-state index in [1.165, 1.54) is 17.7 Å². The van der Waals surface area contributed by atoms with Gasteiger partial charge in [0.2, 0.25) is 0 Å². The van der Waals surface area contributed by atoms with E-state index in [0.29, 0.717) is 11.3 Å². The Bertz CT molecular complexity index is 593. The Morgan fingerprint density at radius 1 is 1.05 bits per heavy atom. The first-order valence-electron chi connectivity index (χ1n) is 6.27. The van der Waals surface area contributed by atoms with Crippen LogP contribution in [0.25, 0.3) is 0 Å². The SMILES string of the molecule is Cc1ccc(Oc2ccc(F)cc2[C@@H](C)N)c(C)c1. The summed E-state index contributed by atoms with van der Waals surface area (Å²) in [5.41, 5.74) is 8.74. The van der Waals surface area contributed by atoms with Gasteiger partial charge in [-0.1, -0.05) is 17.7 Å². The molecule has 2 aromatic carbocycles. The average Bonchev–Trinajstić information content (AvgIpc) is 2.34. The van der Waals surface area contributed by atoms with E-state index < -0.39 is 0 Å². The average molecular weight is 259 g/mol. The molecule has 0 amide bonds. The number of benzene rings is 2. The Balaban J connectivity index is 2.38. The van der Waals surface area contributed by atoms with Crippen molar-refractivity contribution in [3.63, 3.8) is 0 Å². The summed E-state index contributed by atoms with van der Waals surface area (Å²) in [4.78, 5) is 0. The molecule has 2 N–H and O–H groups in total. The Morgan fingerprint density at radius 2 is 1.74 bits per heavy atom. The minimum atomic E-state index is -0.305. The number of rotatable bonds is 3. The van der Waals surface area contributed by atoms with Crippen molar-refractivity contribution in [1.82, 2.24) is 0 Å². The van der Waals surface area contributed by atoms with Crippen LogP contribution in [0.5, 0.6) is 11.5 Å². The lowest BCUT2D eigenvalue weighted by atomic mass is 10.1. The second-order valence-corrected chi connectivity index (χ2v) is 4.84. The molecule has 19 heavy (non-hydrogen) atoms. The summed E-state index contributed by atoms with van der Waals surface area (Å²) in [5.74, 6) is 1.06. The van der Waals surface area contributed by atoms with Gasteiger partial charge in [0.05, 0.1) is 0 Å². The van der Waals surface area contributed by atoms with Crippen LogP contribution >= 0.6 is 0 Å². The Morgan fingerprint density at radius 3 is 2.37 bits per heavy atom. The molecule has 0 radical (unpaired) electrons. The Labute approximate surface area is 113 Å². The zero-order valence-corrected chi connectivity index (χ0v) is 11.4. The minimum Gasteiger partial charge on any atom is -0.457 e. The third kappa shape index (κ3) is 3.12. The number of nitrogens with two attached hydrogens (primary N) is 1. The van der Waals surface area contributed by atoms with E-state index in [4.69, 9.17) is 10.5 Å². The quantitative estimate of drug-likeness (QED) is 0.894. The van der Waals surface area contributed by atoms with Crippen LogP contribution in [0, 0.1) is 19.7 Å². The summed E-state index contributed by atoms with van der Waals surface area (Å²) in [6.45, 7) is 5.82. The van der Waals surface area contributed by atoms with Crippen molar-refractivity contribution >= 4 is 0 Å². The van der Waals surface area contributed by atoms with Crippen LogP contribution in [0.3, 0.4) is 0 Å². The molecule has 1 atom stereocenters. The molecule has 2 nitrogen and oxygen atoms in total. The maximum atomic E-state index is 13.3. The van der Waals surface area contributed by atoms with Crippen LogP contribution in [0.1, 0.15) is 29.7 Å². The fraction of sp³-hybridized carbons (Fsp3) is 0.250. The topological polar surface area (TPSA) is 35.2 Å². The second-order valence-electron chi connectivity index (χ2n) is 4.84. The molecule has 0 saturated heterocycles. The molecule has 2 aromatic rings. The monoisotopic (exact) mass is 259 g/mol. The third-order valence-corrected chi connectivity index (χ3v) is 3.01. The Kier molecular flexibility index (Phi) is 3.86. The maximum Gasteiger partial charge on any atom is 0.132 e. The van der Waals surface area contributed by atoms with Gasteiger partial charge in [-0.2, -0.15) is 0 Å². The highest BCUT2D eigenvalue weighted by Gasteiger charge is 2.11. The molecule has 3 heteroatoms. The molecule has 0 saturated carbocycles. The second kappa shape index (κ2) is 5.41. The molecule has 100 valence electrons. The van der Waals surface area contributed by atoms with Gasteiger partial charge in [-0.05, 0) is 50.6 Å². The molecule has 0 spiro atoms. The fourth-order valence-corrected chi connectivity index (χ4v) is 2.00. The predicted octanol–water partition coefficient (Wildman–Crippen LogP) is 4.25. The molecule has 0 aromatic heterocycles. The lowest BCUT2D eigenvalue weighted by molar-refractivity contribution is 0.465. The third-order valence-electron chi connectivity index (χ3n) is 3.01. The van der Waals surface area contributed by atoms with Gasteiger partial charge >= 0.3 is 0 Å². The highest BCUT2D eigenvalue weighted by molar-refractivity contribution is 5.43. The number of aryl methyl sites for hydroxylation is 2. The van der Waals surface area contributed by atoms with Crippen LogP contribution in [0.15, 0.2) is 36.4 Å². The summed E-state index contributed by atoms with van der Waals surface area (Å²) < 4.78 is 19.1. The summed E-state index contributed by atoms with van der Waals surface area (Å²) in [7, 11) is 0. The molecule has 0 aliphatic carbocycles. The van der Waals surface area contributed by atoms with E-state index in [1.807, 2.05) is 39.0 Å². The molecule has 0 bridgehead atoms. The Hall–Kier alpha value is -1.87. The minimum absolute atomic E-state index is 0.281. The smallest absolute Gasteiger partial charge is 0.132 e. The molecule has 0 aliphatic heterocycles. The first-order chi connectivity index (χ1) is 8.97. The maximum absolute atomic E-state index is 13.3. The van der Waals surface area contributed by atoms with Crippen molar-refractivity contribution in [3.05, 3.63) is 58.9 Å². The van der Waals surface area contributed by atoms with Crippen LogP contribution in [0.2, 0.25) is 0 Å². The number of hydrogen-bond acceptors (Lipinski definition) is 2. The standard InChI is InChI=1S/C16H18FNO/c1-10-4-6-15(11(2)8-10)19-16-7-5-13(17)9-14(16)12(3)18/h4-9,12H,18H2,1-3H3/t12-/m1/s1. The lowest BCUT2D eigenvalue weighted by Crippen LogP contribution is -2.07. The van der Waals surface area contributed by atoms with Crippen molar-refractivity contribution in [2.75, 3.05) is 0 Å². The summed E-state index contributed by atoms with van der Waals surface area (Å²) in [6, 6.07) is 10.1. The number of ether oxygens (including phenoxy) is 1. The zero-order chi connectivity index (χ0) is 14.0. The van der Waals surface area contributed by atoms with Gasteiger partial charge in [0.15, 0.2) is 0 Å². The van der Waals surface area contributed by atoms with E-state index >= 15 is 0 Å². The van der Waals surface area contributed by atoms with Crippen molar-refractivity contribution in [2.24, 2.45) is 5.73 Å². The van der Waals surface area contributed by atoms with Crippen LogP contribution in [-0.4, -0.2) is 0 Å². The van der Waals surface area contributed by atoms with Crippen LogP contribution in [-0.2, 0) is 0 Å². The molecule has 0 aliphatic rings. The normalized spacial score (nSPS) is 12.3. The summed E-state index contributed by atoms with van der Waals surface area (Å²) in [5, 5.41) is 0. The number of hydrogen-bond donors (Lipinski definition) is 1. The summed E-state index contributed by atoms with van der Waals surface area (Å²) in [6.07, 6.45) is 0.